The largest absolute Gasteiger partial charge is 0.489 e. The van der Waals surface area contributed by atoms with Gasteiger partial charge in [0.2, 0.25) is 0 Å². The highest BCUT2D eigenvalue weighted by Crippen LogP contribution is 2.29. The average molecular weight is 459 g/mol. The van der Waals surface area contributed by atoms with E-state index < -0.39 is 0 Å². The maximum atomic E-state index is 6.21. The fraction of sp³-hybridized carbons (Fsp3) is 0.360. The van der Waals surface area contributed by atoms with Gasteiger partial charge in [-0.25, -0.2) is 0 Å². The third-order valence-corrected chi connectivity index (χ3v) is 6.35. The van der Waals surface area contributed by atoms with Crippen LogP contribution in [0.5, 0.6) is 5.75 Å². The maximum absolute atomic E-state index is 6.21. The van der Waals surface area contributed by atoms with Gasteiger partial charge in [0.25, 0.3) is 0 Å². The van der Waals surface area contributed by atoms with E-state index in [1.807, 2.05) is 12.1 Å². The van der Waals surface area contributed by atoms with E-state index in [4.69, 9.17) is 32.7 Å². The van der Waals surface area contributed by atoms with Gasteiger partial charge in [0.15, 0.2) is 0 Å². The van der Waals surface area contributed by atoms with Crippen LogP contribution in [-0.2, 0) is 17.9 Å². The summed E-state index contributed by atoms with van der Waals surface area (Å²) in [7, 11) is 0. The quantitative estimate of drug-likeness (QED) is 0.426. The van der Waals surface area contributed by atoms with Gasteiger partial charge in [-0.1, -0.05) is 59.6 Å². The first-order valence-electron chi connectivity index (χ1n) is 10.8. The van der Waals surface area contributed by atoms with E-state index in [9.17, 15) is 0 Å². The third kappa shape index (κ3) is 6.12. The molecule has 0 radical (unpaired) electrons. The smallest absolute Gasteiger partial charge is 0.124 e. The zero-order chi connectivity index (χ0) is 21.5. The Morgan fingerprint density at radius 2 is 1.81 bits per heavy atom. The van der Waals surface area contributed by atoms with Crippen LogP contribution in [0.15, 0.2) is 54.6 Å². The molecule has 0 aromatic heterocycles. The van der Waals surface area contributed by atoms with E-state index in [-0.39, 0.29) is 0 Å². The summed E-state index contributed by atoms with van der Waals surface area (Å²) in [6.45, 7) is 7.05. The van der Waals surface area contributed by atoms with Crippen molar-refractivity contribution in [2.75, 3.05) is 39.4 Å². The van der Waals surface area contributed by atoms with Gasteiger partial charge in [-0.05, 0) is 54.0 Å². The Balaban J connectivity index is 1.40. The van der Waals surface area contributed by atoms with Crippen molar-refractivity contribution < 1.29 is 9.47 Å². The van der Waals surface area contributed by atoms with Crippen LogP contribution in [0.2, 0.25) is 10.0 Å². The van der Waals surface area contributed by atoms with Crippen molar-refractivity contribution in [1.82, 2.24) is 10.2 Å². The molecule has 1 aliphatic heterocycles. The van der Waals surface area contributed by atoms with E-state index in [0.717, 1.165) is 63.7 Å². The topological polar surface area (TPSA) is 33.7 Å². The number of rotatable bonds is 9. The predicted octanol–water partition coefficient (Wildman–Crippen LogP) is 5.54. The third-order valence-electron chi connectivity index (χ3n) is 5.61. The predicted molar refractivity (Wildman–Crippen MR) is 128 cm³/mol. The first-order chi connectivity index (χ1) is 15.2. The number of morpholine rings is 1. The highest BCUT2D eigenvalue weighted by molar-refractivity contribution is 6.42. The number of hydrogen-bond donors (Lipinski definition) is 1. The van der Waals surface area contributed by atoms with Gasteiger partial charge in [0.1, 0.15) is 12.4 Å². The number of ether oxygens (including phenoxy) is 2. The van der Waals surface area contributed by atoms with E-state index in [1.54, 1.807) is 6.07 Å². The van der Waals surface area contributed by atoms with Crippen molar-refractivity contribution in [2.45, 2.75) is 19.6 Å². The molecule has 0 amide bonds. The lowest BCUT2D eigenvalue weighted by Crippen LogP contribution is -2.37. The average Bonchev–Trinajstić information content (AvgIpc) is 2.81. The fourth-order valence-electron chi connectivity index (χ4n) is 3.89. The van der Waals surface area contributed by atoms with Gasteiger partial charge in [-0.2, -0.15) is 0 Å². The molecule has 0 spiro atoms. The summed E-state index contributed by atoms with van der Waals surface area (Å²) >= 11 is 12.2. The van der Waals surface area contributed by atoms with Crippen molar-refractivity contribution in [3.8, 4) is 5.75 Å². The normalized spacial score (nSPS) is 14.8. The molecule has 1 N–H and O–H groups in total. The second kappa shape index (κ2) is 11.2. The van der Waals surface area contributed by atoms with Crippen LogP contribution >= 0.6 is 23.2 Å². The molecule has 31 heavy (non-hydrogen) atoms. The minimum Gasteiger partial charge on any atom is -0.489 e. The fourth-order valence-corrected chi connectivity index (χ4v) is 4.21. The molecule has 0 atom stereocenters. The van der Waals surface area contributed by atoms with Crippen LogP contribution in [0.25, 0.3) is 10.8 Å². The SMILES string of the molecule is Clc1ccc(COc2ccc3ccccc3c2CNCCCN2CCOCC2)cc1Cl. The summed E-state index contributed by atoms with van der Waals surface area (Å²) in [6, 6.07) is 18.2. The minimum absolute atomic E-state index is 0.444. The van der Waals surface area contributed by atoms with Crippen LogP contribution < -0.4 is 10.1 Å². The first kappa shape index (κ1) is 22.4. The number of nitrogens with zero attached hydrogens (tertiary/aromatic N) is 1. The van der Waals surface area contributed by atoms with E-state index in [0.29, 0.717) is 16.7 Å². The molecule has 0 unspecified atom stereocenters. The molecule has 6 heteroatoms. The Morgan fingerprint density at radius 3 is 2.65 bits per heavy atom. The highest BCUT2D eigenvalue weighted by Gasteiger charge is 2.11. The number of nitrogens with one attached hydrogen (secondary N) is 1. The lowest BCUT2D eigenvalue weighted by atomic mass is 10.0. The number of halogens is 2. The van der Waals surface area contributed by atoms with Crippen molar-refractivity contribution in [2.24, 2.45) is 0 Å². The molecule has 1 saturated heterocycles. The Kier molecular flexibility index (Phi) is 8.06. The standard InChI is InChI=1S/C25H28Cl2N2O2/c26-23-8-6-19(16-24(23)27)18-31-25-9-7-20-4-1-2-5-21(20)22(25)17-28-10-3-11-29-12-14-30-15-13-29/h1-2,4-9,16,28H,3,10-15,17-18H2. The lowest BCUT2D eigenvalue weighted by molar-refractivity contribution is 0.0374. The lowest BCUT2D eigenvalue weighted by Gasteiger charge is -2.26. The molecule has 164 valence electrons. The second-order valence-electron chi connectivity index (χ2n) is 7.78. The van der Waals surface area contributed by atoms with E-state index >= 15 is 0 Å². The van der Waals surface area contributed by atoms with Crippen molar-refractivity contribution in [3.05, 3.63) is 75.8 Å². The Morgan fingerprint density at radius 1 is 0.968 bits per heavy atom. The molecule has 4 rings (SSSR count). The van der Waals surface area contributed by atoms with Gasteiger partial charge < -0.3 is 14.8 Å². The van der Waals surface area contributed by atoms with Crippen LogP contribution in [0.3, 0.4) is 0 Å². The first-order valence-corrected chi connectivity index (χ1v) is 11.5. The van der Waals surface area contributed by atoms with Gasteiger partial charge in [0, 0.05) is 25.2 Å². The summed E-state index contributed by atoms with van der Waals surface area (Å²) in [5.41, 5.74) is 2.18. The van der Waals surface area contributed by atoms with Crippen LogP contribution in [0.1, 0.15) is 17.5 Å². The van der Waals surface area contributed by atoms with Gasteiger partial charge in [-0.3, -0.25) is 4.90 Å². The second-order valence-corrected chi connectivity index (χ2v) is 8.60. The van der Waals surface area contributed by atoms with E-state index in [1.165, 1.54) is 16.3 Å². The van der Waals surface area contributed by atoms with Gasteiger partial charge >= 0.3 is 0 Å². The summed E-state index contributed by atoms with van der Waals surface area (Å²) < 4.78 is 11.6. The summed E-state index contributed by atoms with van der Waals surface area (Å²) in [4.78, 5) is 2.47. The molecule has 0 bridgehead atoms. The molecule has 1 heterocycles. The Labute approximate surface area is 194 Å². The molecule has 1 fully saturated rings. The summed E-state index contributed by atoms with van der Waals surface area (Å²) in [5, 5.41) is 7.15. The molecular weight excluding hydrogens is 431 g/mol. The highest BCUT2D eigenvalue weighted by atomic mass is 35.5. The van der Waals surface area contributed by atoms with Crippen LogP contribution in [0.4, 0.5) is 0 Å². The molecule has 3 aromatic carbocycles. The van der Waals surface area contributed by atoms with Crippen molar-refractivity contribution >= 4 is 34.0 Å². The van der Waals surface area contributed by atoms with Crippen molar-refractivity contribution in [1.29, 1.82) is 0 Å². The van der Waals surface area contributed by atoms with Crippen molar-refractivity contribution in [3.63, 3.8) is 0 Å². The number of benzene rings is 3. The zero-order valence-electron chi connectivity index (χ0n) is 17.6. The Hall–Kier alpha value is -1.82. The monoisotopic (exact) mass is 458 g/mol. The Bertz CT molecular complexity index is 1010. The molecule has 1 aliphatic rings. The number of hydrogen-bond acceptors (Lipinski definition) is 4. The van der Waals surface area contributed by atoms with E-state index in [2.05, 4.69) is 46.6 Å². The zero-order valence-corrected chi connectivity index (χ0v) is 19.1. The molecule has 4 nitrogen and oxygen atoms in total. The molecule has 0 aliphatic carbocycles. The van der Waals surface area contributed by atoms with Crippen LogP contribution in [0, 0.1) is 0 Å². The van der Waals surface area contributed by atoms with Gasteiger partial charge in [-0.15, -0.1) is 0 Å². The number of fused-ring (bicyclic) bond motifs is 1. The van der Waals surface area contributed by atoms with Gasteiger partial charge in [0.05, 0.1) is 23.3 Å². The molecule has 3 aromatic rings. The molecule has 0 saturated carbocycles. The minimum atomic E-state index is 0.444. The summed E-state index contributed by atoms with van der Waals surface area (Å²) in [6.07, 6.45) is 1.12. The summed E-state index contributed by atoms with van der Waals surface area (Å²) in [5.74, 6) is 0.894. The van der Waals surface area contributed by atoms with Crippen LogP contribution in [-0.4, -0.2) is 44.3 Å². The maximum Gasteiger partial charge on any atom is 0.124 e. The molecular formula is C25H28Cl2N2O2.